The lowest BCUT2D eigenvalue weighted by molar-refractivity contribution is 0.482. The van der Waals surface area contributed by atoms with Crippen molar-refractivity contribution >= 4 is 36.5 Å². The first-order valence-electron chi connectivity index (χ1n) is 7.33. The van der Waals surface area contributed by atoms with Crippen molar-refractivity contribution in [2.45, 2.75) is 29.3 Å². The number of aromatic hydroxyl groups is 1. The molecule has 128 valence electrons. The number of hydrogen-bond donors (Lipinski definition) is 4. The SMILES string of the molecule is O=S1(=O)NC2CCC(N2)S(=O)(=O)Nc2c1cc1ccccc1c2O. The fraction of sp³-hybridized carbons (Fsp3) is 0.286. The van der Waals surface area contributed by atoms with Gasteiger partial charge in [0.05, 0.1) is 6.17 Å². The second kappa shape index (κ2) is 5.06. The second-order valence-electron chi connectivity index (χ2n) is 5.87. The Morgan fingerprint density at radius 2 is 1.83 bits per heavy atom. The lowest BCUT2D eigenvalue weighted by Crippen LogP contribution is -2.45. The average molecular weight is 369 g/mol. The van der Waals surface area contributed by atoms with Crippen LogP contribution in [0.15, 0.2) is 35.2 Å². The van der Waals surface area contributed by atoms with Crippen LogP contribution in [-0.2, 0) is 20.0 Å². The third kappa shape index (κ3) is 2.34. The summed E-state index contributed by atoms with van der Waals surface area (Å²) in [4.78, 5) is -0.295. The summed E-state index contributed by atoms with van der Waals surface area (Å²) in [5.41, 5.74) is -0.324. The molecule has 0 radical (unpaired) electrons. The van der Waals surface area contributed by atoms with Crippen LogP contribution in [0, 0.1) is 0 Å². The summed E-state index contributed by atoms with van der Waals surface area (Å²) in [7, 11) is -7.92. The van der Waals surface area contributed by atoms with Crippen molar-refractivity contribution in [1.29, 1.82) is 0 Å². The summed E-state index contributed by atoms with van der Waals surface area (Å²) >= 11 is 0. The van der Waals surface area contributed by atoms with Gasteiger partial charge in [-0.2, -0.15) is 4.72 Å². The Kier molecular flexibility index (Phi) is 3.29. The van der Waals surface area contributed by atoms with Gasteiger partial charge in [0.1, 0.15) is 21.7 Å². The maximum atomic E-state index is 12.7. The Bertz CT molecular complexity index is 1050. The molecule has 1 saturated heterocycles. The van der Waals surface area contributed by atoms with Gasteiger partial charge < -0.3 is 5.11 Å². The summed E-state index contributed by atoms with van der Waals surface area (Å²) in [5.74, 6) is -0.408. The molecule has 2 atom stereocenters. The largest absolute Gasteiger partial charge is 0.505 e. The Morgan fingerprint density at radius 1 is 1.08 bits per heavy atom. The van der Waals surface area contributed by atoms with E-state index >= 15 is 0 Å². The molecule has 0 spiro atoms. The van der Waals surface area contributed by atoms with Crippen LogP contribution >= 0.6 is 0 Å². The van der Waals surface area contributed by atoms with E-state index in [0.29, 0.717) is 17.2 Å². The lowest BCUT2D eigenvalue weighted by Gasteiger charge is -2.17. The maximum absolute atomic E-state index is 12.7. The van der Waals surface area contributed by atoms with Crippen molar-refractivity contribution in [1.82, 2.24) is 10.0 Å². The molecule has 4 N–H and O–H groups in total. The molecule has 2 heterocycles. The maximum Gasteiger partial charge on any atom is 0.249 e. The molecule has 2 aromatic rings. The molecule has 2 aromatic carbocycles. The first kappa shape index (κ1) is 15.6. The van der Waals surface area contributed by atoms with E-state index in [0.717, 1.165) is 0 Å². The topological polar surface area (TPSA) is 125 Å². The fourth-order valence-corrected chi connectivity index (χ4v) is 6.00. The predicted octanol–water partition coefficient (Wildman–Crippen LogP) is 0.615. The molecule has 0 amide bonds. The Balaban J connectivity index is 2.06. The first-order valence-corrected chi connectivity index (χ1v) is 10.4. The number of phenolic OH excluding ortho intramolecular Hbond substituents is 1. The van der Waals surface area contributed by atoms with Crippen molar-refractivity contribution in [3.63, 3.8) is 0 Å². The molecule has 0 saturated carbocycles. The van der Waals surface area contributed by atoms with Crippen LogP contribution in [0.1, 0.15) is 12.8 Å². The minimum absolute atomic E-state index is 0.270. The summed E-state index contributed by atoms with van der Waals surface area (Å²) in [6, 6.07) is 7.98. The van der Waals surface area contributed by atoms with E-state index < -0.39 is 37.3 Å². The zero-order chi connectivity index (χ0) is 17.1. The van der Waals surface area contributed by atoms with E-state index in [1.54, 1.807) is 24.3 Å². The smallest absolute Gasteiger partial charge is 0.249 e. The minimum atomic E-state index is -4.02. The Hall–Kier alpha value is -1.88. The van der Waals surface area contributed by atoms with Crippen LogP contribution in [0.3, 0.4) is 0 Å². The molecule has 10 heteroatoms. The Morgan fingerprint density at radius 3 is 2.62 bits per heavy atom. The number of hydrogen-bond acceptors (Lipinski definition) is 6. The van der Waals surface area contributed by atoms with Gasteiger partial charge >= 0.3 is 0 Å². The zero-order valence-corrected chi connectivity index (χ0v) is 14.0. The standard InChI is InChI=1S/C14H15N3O5S2/c18-14-9-4-2-1-3-8(9)7-10-13(14)17-24(21,22)12-6-5-11(15-12)16-23(10,19)20/h1-4,7,11-12,15-18H,5-6H2. The minimum Gasteiger partial charge on any atom is -0.505 e. The lowest BCUT2D eigenvalue weighted by atomic mass is 10.1. The van der Waals surface area contributed by atoms with Gasteiger partial charge in [-0.15, -0.1) is 0 Å². The highest BCUT2D eigenvalue weighted by Gasteiger charge is 2.39. The third-order valence-corrected chi connectivity index (χ3v) is 7.40. The monoisotopic (exact) mass is 369 g/mol. The first-order chi connectivity index (χ1) is 11.3. The molecule has 8 nitrogen and oxygen atoms in total. The number of nitrogens with one attached hydrogen (secondary N) is 3. The quantitative estimate of drug-likeness (QED) is 0.505. The zero-order valence-electron chi connectivity index (χ0n) is 12.4. The van der Waals surface area contributed by atoms with Crippen LogP contribution < -0.4 is 14.8 Å². The molecule has 2 unspecified atom stereocenters. The van der Waals surface area contributed by atoms with Gasteiger partial charge in [0, 0.05) is 5.39 Å². The van der Waals surface area contributed by atoms with Gasteiger partial charge in [-0.25, -0.2) is 16.8 Å². The number of anilines is 1. The predicted molar refractivity (Wildman–Crippen MR) is 88.4 cm³/mol. The van der Waals surface area contributed by atoms with E-state index in [4.69, 9.17) is 0 Å². The highest BCUT2D eigenvalue weighted by molar-refractivity contribution is 7.93. The van der Waals surface area contributed by atoms with Gasteiger partial charge in [0.25, 0.3) is 0 Å². The van der Waals surface area contributed by atoms with Gasteiger partial charge in [0.2, 0.25) is 20.0 Å². The fourth-order valence-electron chi connectivity index (χ4n) is 3.12. The van der Waals surface area contributed by atoms with Crippen LogP contribution in [0.25, 0.3) is 10.8 Å². The molecule has 24 heavy (non-hydrogen) atoms. The van der Waals surface area contributed by atoms with Crippen LogP contribution in [-0.4, -0.2) is 33.5 Å². The molecule has 0 aliphatic carbocycles. The summed E-state index contributed by atoms with van der Waals surface area (Å²) in [6.45, 7) is 0. The molecular weight excluding hydrogens is 354 g/mol. The third-order valence-electron chi connectivity index (χ3n) is 4.30. The number of sulfonamides is 2. The molecule has 4 rings (SSSR count). The van der Waals surface area contributed by atoms with Gasteiger partial charge in [-0.1, -0.05) is 24.3 Å². The molecule has 2 aliphatic rings. The van der Waals surface area contributed by atoms with Crippen LogP contribution in [0.2, 0.25) is 0 Å². The van der Waals surface area contributed by atoms with E-state index in [1.807, 2.05) is 0 Å². The van der Waals surface area contributed by atoms with E-state index in [-0.39, 0.29) is 17.0 Å². The van der Waals surface area contributed by atoms with Crippen molar-refractivity contribution in [3.05, 3.63) is 30.3 Å². The number of benzene rings is 2. The molecular formula is C14H15N3O5S2. The van der Waals surface area contributed by atoms with Crippen molar-refractivity contribution in [3.8, 4) is 5.75 Å². The highest BCUT2D eigenvalue weighted by atomic mass is 32.2. The molecule has 2 aliphatic heterocycles. The second-order valence-corrected chi connectivity index (χ2v) is 9.42. The van der Waals surface area contributed by atoms with Gasteiger partial charge in [-0.3, -0.25) is 10.0 Å². The van der Waals surface area contributed by atoms with E-state index in [2.05, 4.69) is 14.8 Å². The highest BCUT2D eigenvalue weighted by Crippen LogP contribution is 2.40. The Labute approximate surface area is 139 Å². The molecule has 2 bridgehead atoms. The van der Waals surface area contributed by atoms with Crippen molar-refractivity contribution in [2.24, 2.45) is 0 Å². The molecule has 1 fully saturated rings. The van der Waals surface area contributed by atoms with Crippen LogP contribution in [0.5, 0.6) is 5.75 Å². The van der Waals surface area contributed by atoms with Crippen LogP contribution in [0.4, 0.5) is 5.69 Å². The van der Waals surface area contributed by atoms with Crippen molar-refractivity contribution in [2.75, 3.05) is 4.72 Å². The number of phenols is 1. The normalized spacial score (nSPS) is 27.5. The van der Waals surface area contributed by atoms with E-state index in [1.165, 1.54) is 6.07 Å². The number of rotatable bonds is 0. The summed E-state index contributed by atoms with van der Waals surface area (Å²) < 4.78 is 55.2. The van der Waals surface area contributed by atoms with Gasteiger partial charge in [0.15, 0.2) is 0 Å². The van der Waals surface area contributed by atoms with Gasteiger partial charge in [-0.05, 0) is 24.3 Å². The number of fused-ring (bicyclic) bond motifs is 4. The van der Waals surface area contributed by atoms with Crippen molar-refractivity contribution < 1.29 is 21.9 Å². The summed E-state index contributed by atoms with van der Waals surface area (Å²) in [5, 5.41) is 13.2. The summed E-state index contributed by atoms with van der Waals surface area (Å²) in [6.07, 6.45) is -0.0394. The van der Waals surface area contributed by atoms with E-state index in [9.17, 15) is 21.9 Å². The molecule has 0 aromatic heterocycles. The average Bonchev–Trinajstić information content (AvgIpc) is 2.98.